The number of hydrogen-bond donors (Lipinski definition) is 3. The van der Waals surface area contributed by atoms with Crippen molar-refractivity contribution in [2.45, 2.75) is 51.7 Å². The van der Waals surface area contributed by atoms with E-state index in [9.17, 15) is 9.59 Å². The van der Waals surface area contributed by atoms with E-state index in [-0.39, 0.29) is 12.5 Å². The van der Waals surface area contributed by atoms with Crippen molar-refractivity contribution in [1.29, 1.82) is 0 Å². The molecule has 0 aromatic heterocycles. The Balaban J connectivity index is 3.82. The standard InChI is InChI=1S/C14H28N2O5/c1-14(2,3)21-13(19)16-8-5-6-11(10-20-4)15-9-7-12(17)18/h11,15H,5-10H2,1-4H3,(H,16,19)(H,17,18). The second kappa shape index (κ2) is 10.4. The van der Waals surface area contributed by atoms with Crippen LogP contribution in [0.4, 0.5) is 4.79 Å². The van der Waals surface area contributed by atoms with Crippen molar-refractivity contribution >= 4 is 12.1 Å². The predicted octanol–water partition coefficient (Wildman–Crippen LogP) is 1.37. The second-order valence-corrected chi connectivity index (χ2v) is 5.82. The fourth-order valence-electron chi connectivity index (χ4n) is 1.68. The van der Waals surface area contributed by atoms with Gasteiger partial charge in [-0.2, -0.15) is 0 Å². The number of ether oxygens (including phenoxy) is 2. The molecule has 1 unspecified atom stereocenters. The third-order valence-corrected chi connectivity index (χ3v) is 2.54. The average molecular weight is 304 g/mol. The quantitative estimate of drug-likeness (QED) is 0.527. The lowest BCUT2D eigenvalue weighted by atomic mass is 10.1. The molecule has 7 heteroatoms. The summed E-state index contributed by atoms with van der Waals surface area (Å²) < 4.78 is 10.2. The van der Waals surface area contributed by atoms with Crippen LogP contribution in [0.1, 0.15) is 40.0 Å². The van der Waals surface area contributed by atoms with Crippen molar-refractivity contribution in [2.75, 3.05) is 26.8 Å². The van der Waals surface area contributed by atoms with Crippen LogP contribution in [0.15, 0.2) is 0 Å². The van der Waals surface area contributed by atoms with Gasteiger partial charge in [0.05, 0.1) is 13.0 Å². The zero-order valence-corrected chi connectivity index (χ0v) is 13.4. The number of aliphatic carboxylic acids is 1. The van der Waals surface area contributed by atoms with Gasteiger partial charge in [-0.15, -0.1) is 0 Å². The van der Waals surface area contributed by atoms with E-state index in [1.807, 2.05) is 20.8 Å². The molecule has 0 aromatic carbocycles. The van der Waals surface area contributed by atoms with Crippen molar-refractivity contribution in [2.24, 2.45) is 0 Å². The Labute approximate surface area is 126 Å². The van der Waals surface area contributed by atoms with E-state index < -0.39 is 17.7 Å². The maximum atomic E-state index is 11.4. The lowest BCUT2D eigenvalue weighted by Gasteiger charge is -2.20. The lowest BCUT2D eigenvalue weighted by molar-refractivity contribution is -0.136. The van der Waals surface area contributed by atoms with Gasteiger partial charge >= 0.3 is 12.1 Å². The van der Waals surface area contributed by atoms with Crippen LogP contribution >= 0.6 is 0 Å². The molecule has 0 radical (unpaired) electrons. The molecule has 0 fully saturated rings. The summed E-state index contributed by atoms with van der Waals surface area (Å²) in [5, 5.41) is 14.4. The first-order valence-corrected chi connectivity index (χ1v) is 7.15. The Morgan fingerprint density at radius 3 is 2.43 bits per heavy atom. The highest BCUT2D eigenvalue weighted by atomic mass is 16.6. The van der Waals surface area contributed by atoms with Gasteiger partial charge in [0.2, 0.25) is 0 Å². The van der Waals surface area contributed by atoms with E-state index in [1.165, 1.54) is 0 Å². The SMILES string of the molecule is COCC(CCCNC(=O)OC(C)(C)C)NCCC(=O)O. The van der Waals surface area contributed by atoms with Crippen LogP contribution in [0.2, 0.25) is 0 Å². The zero-order chi connectivity index (χ0) is 16.3. The summed E-state index contributed by atoms with van der Waals surface area (Å²) in [5.41, 5.74) is -0.499. The van der Waals surface area contributed by atoms with Gasteiger partial charge in [0.15, 0.2) is 0 Å². The minimum Gasteiger partial charge on any atom is -0.481 e. The van der Waals surface area contributed by atoms with Gasteiger partial charge in [0.25, 0.3) is 0 Å². The first-order chi connectivity index (χ1) is 9.74. The molecule has 0 aliphatic rings. The van der Waals surface area contributed by atoms with E-state index in [4.69, 9.17) is 14.6 Å². The molecular formula is C14H28N2O5. The van der Waals surface area contributed by atoms with Gasteiger partial charge in [-0.25, -0.2) is 4.79 Å². The summed E-state index contributed by atoms with van der Waals surface area (Å²) in [5.74, 6) is -0.828. The molecule has 0 saturated heterocycles. The van der Waals surface area contributed by atoms with Crippen LogP contribution in [0.3, 0.4) is 0 Å². The maximum Gasteiger partial charge on any atom is 0.407 e. The van der Waals surface area contributed by atoms with Crippen LogP contribution in [-0.2, 0) is 14.3 Å². The number of carboxylic acids is 1. The molecule has 1 amide bonds. The van der Waals surface area contributed by atoms with Crippen LogP contribution in [0.25, 0.3) is 0 Å². The smallest absolute Gasteiger partial charge is 0.407 e. The largest absolute Gasteiger partial charge is 0.481 e. The number of amides is 1. The number of hydrogen-bond acceptors (Lipinski definition) is 5. The Morgan fingerprint density at radius 2 is 1.90 bits per heavy atom. The molecule has 0 spiro atoms. The van der Waals surface area contributed by atoms with Crippen molar-refractivity contribution in [3.63, 3.8) is 0 Å². The molecular weight excluding hydrogens is 276 g/mol. The maximum absolute atomic E-state index is 11.4. The number of methoxy groups -OCH3 is 1. The molecule has 124 valence electrons. The first kappa shape index (κ1) is 19.7. The van der Waals surface area contributed by atoms with Gasteiger partial charge in [-0.3, -0.25) is 4.79 Å². The van der Waals surface area contributed by atoms with Crippen LogP contribution < -0.4 is 10.6 Å². The Kier molecular flexibility index (Phi) is 9.73. The van der Waals surface area contributed by atoms with E-state index in [1.54, 1.807) is 7.11 Å². The molecule has 0 heterocycles. The molecule has 0 aliphatic carbocycles. The fraction of sp³-hybridized carbons (Fsp3) is 0.857. The molecule has 0 aliphatic heterocycles. The van der Waals surface area contributed by atoms with Crippen LogP contribution in [0, 0.1) is 0 Å². The fourth-order valence-corrected chi connectivity index (χ4v) is 1.68. The third-order valence-electron chi connectivity index (χ3n) is 2.54. The molecule has 3 N–H and O–H groups in total. The summed E-state index contributed by atoms with van der Waals surface area (Å²) in [6.45, 7) is 6.86. The Morgan fingerprint density at radius 1 is 1.24 bits per heavy atom. The molecule has 1 atom stereocenters. The average Bonchev–Trinajstić information content (AvgIpc) is 2.31. The molecule has 0 saturated carbocycles. The number of rotatable bonds is 10. The highest BCUT2D eigenvalue weighted by Crippen LogP contribution is 2.06. The first-order valence-electron chi connectivity index (χ1n) is 7.15. The van der Waals surface area contributed by atoms with Crippen molar-refractivity contribution in [1.82, 2.24) is 10.6 Å². The molecule has 0 bridgehead atoms. The minimum absolute atomic E-state index is 0.0785. The molecule has 7 nitrogen and oxygen atoms in total. The molecule has 21 heavy (non-hydrogen) atoms. The predicted molar refractivity (Wildman–Crippen MR) is 79.4 cm³/mol. The summed E-state index contributed by atoms with van der Waals surface area (Å²) in [4.78, 5) is 21.9. The number of nitrogens with one attached hydrogen (secondary N) is 2. The molecule has 0 aromatic rings. The topological polar surface area (TPSA) is 96.9 Å². The van der Waals surface area contributed by atoms with Gasteiger partial charge in [-0.1, -0.05) is 0 Å². The lowest BCUT2D eigenvalue weighted by Crippen LogP contribution is -2.36. The summed E-state index contributed by atoms with van der Waals surface area (Å²) in [6.07, 6.45) is 1.19. The van der Waals surface area contributed by atoms with Crippen molar-refractivity contribution in [3.8, 4) is 0 Å². The van der Waals surface area contributed by atoms with E-state index in [2.05, 4.69) is 10.6 Å². The third kappa shape index (κ3) is 13.4. The summed E-state index contributed by atoms with van der Waals surface area (Å²) in [6, 6.07) is 0.0785. The van der Waals surface area contributed by atoms with Gasteiger partial charge in [0, 0.05) is 26.2 Å². The van der Waals surface area contributed by atoms with Gasteiger partial charge in [0.1, 0.15) is 5.60 Å². The normalized spacial score (nSPS) is 12.8. The highest BCUT2D eigenvalue weighted by Gasteiger charge is 2.15. The Bertz CT molecular complexity index is 315. The zero-order valence-electron chi connectivity index (χ0n) is 13.4. The number of carboxylic acid groups (broad SMARTS) is 1. The Hall–Kier alpha value is -1.34. The van der Waals surface area contributed by atoms with Gasteiger partial charge in [-0.05, 0) is 33.6 Å². The van der Waals surface area contributed by atoms with Crippen molar-refractivity contribution < 1.29 is 24.2 Å². The van der Waals surface area contributed by atoms with Crippen molar-refractivity contribution in [3.05, 3.63) is 0 Å². The van der Waals surface area contributed by atoms with Crippen LogP contribution in [0.5, 0.6) is 0 Å². The summed E-state index contributed by atoms with van der Waals surface area (Å²) in [7, 11) is 1.60. The van der Waals surface area contributed by atoms with Crippen LogP contribution in [-0.4, -0.2) is 55.6 Å². The van der Waals surface area contributed by atoms with E-state index >= 15 is 0 Å². The molecule has 0 rings (SSSR count). The second-order valence-electron chi connectivity index (χ2n) is 5.82. The minimum atomic E-state index is -0.828. The van der Waals surface area contributed by atoms with Gasteiger partial charge < -0.3 is 25.2 Å². The van der Waals surface area contributed by atoms with E-state index in [0.29, 0.717) is 19.7 Å². The summed E-state index contributed by atoms with van der Waals surface area (Å²) >= 11 is 0. The number of carbonyl (C=O) groups excluding carboxylic acids is 1. The number of alkyl carbamates (subject to hydrolysis) is 1. The number of carbonyl (C=O) groups is 2. The highest BCUT2D eigenvalue weighted by molar-refractivity contribution is 5.67. The van der Waals surface area contributed by atoms with E-state index in [0.717, 1.165) is 12.8 Å². The monoisotopic (exact) mass is 304 g/mol.